The van der Waals surface area contributed by atoms with Crippen LogP contribution in [0.5, 0.6) is 0 Å². The third kappa shape index (κ3) is 5.00. The fraction of sp³-hybridized carbons (Fsp3) is 0.308. The Hall–Kier alpha value is -3.63. The number of sulfonamides is 1. The Bertz CT molecular complexity index is 1470. The number of piperazine rings is 1. The minimum Gasteiger partial charge on any atom is -0.369 e. The summed E-state index contributed by atoms with van der Waals surface area (Å²) in [7, 11) is -3.53. The number of nitrogens with one attached hydrogen (secondary N) is 3. The van der Waals surface area contributed by atoms with Gasteiger partial charge in [0.05, 0.1) is 10.4 Å². The van der Waals surface area contributed by atoms with Crippen LogP contribution in [-0.4, -0.2) is 53.9 Å². The zero-order chi connectivity index (χ0) is 25.3. The molecule has 1 fully saturated rings. The Morgan fingerprint density at radius 1 is 0.944 bits per heavy atom. The highest BCUT2D eigenvalue weighted by atomic mass is 32.2. The van der Waals surface area contributed by atoms with Gasteiger partial charge in [-0.25, -0.2) is 13.4 Å². The molecule has 0 bridgehead atoms. The van der Waals surface area contributed by atoms with Gasteiger partial charge in [-0.15, -0.1) is 0 Å². The third-order valence-corrected chi connectivity index (χ3v) is 8.33. The summed E-state index contributed by atoms with van der Waals surface area (Å²) in [6.45, 7) is 9.01. The van der Waals surface area contributed by atoms with E-state index < -0.39 is 14.8 Å². The van der Waals surface area contributed by atoms with E-state index in [2.05, 4.69) is 37.4 Å². The summed E-state index contributed by atoms with van der Waals surface area (Å²) in [6, 6.07) is 17.5. The number of nitrogens with zero attached hydrogens (tertiary/aromatic N) is 4. The molecule has 3 heterocycles. The highest BCUT2D eigenvalue weighted by molar-refractivity contribution is 7.94. The first-order valence-corrected chi connectivity index (χ1v) is 13.5. The SMILES string of the molecule is CC(C)(C)S(=O)(=O)Nc1cccc(-n2ccc3cnc(Nc4ccc(N5CCNCC5)cc4)nc32)c1. The third-order valence-electron chi connectivity index (χ3n) is 6.22. The highest BCUT2D eigenvalue weighted by Crippen LogP contribution is 2.25. The van der Waals surface area contributed by atoms with Crippen LogP contribution in [0.2, 0.25) is 0 Å². The molecule has 5 rings (SSSR count). The van der Waals surface area contributed by atoms with Gasteiger partial charge >= 0.3 is 0 Å². The zero-order valence-electron chi connectivity index (χ0n) is 20.7. The first-order valence-electron chi connectivity index (χ1n) is 12.0. The van der Waals surface area contributed by atoms with Crippen molar-refractivity contribution >= 4 is 44.1 Å². The van der Waals surface area contributed by atoms with Crippen LogP contribution in [0.4, 0.5) is 23.0 Å². The number of rotatable bonds is 6. The molecule has 0 aliphatic carbocycles. The van der Waals surface area contributed by atoms with Gasteiger partial charge in [0.25, 0.3) is 0 Å². The second kappa shape index (κ2) is 9.44. The minimum absolute atomic E-state index is 0.488. The van der Waals surface area contributed by atoms with Crippen molar-refractivity contribution in [2.75, 3.05) is 41.1 Å². The molecule has 0 amide bonds. The van der Waals surface area contributed by atoms with Crippen molar-refractivity contribution < 1.29 is 8.42 Å². The van der Waals surface area contributed by atoms with Gasteiger partial charge in [-0.05, 0) is 69.3 Å². The number of anilines is 4. The molecule has 0 saturated carbocycles. The predicted molar refractivity (Wildman–Crippen MR) is 146 cm³/mol. The molecule has 10 heteroatoms. The molecule has 0 atom stereocenters. The van der Waals surface area contributed by atoms with Gasteiger partial charge < -0.3 is 20.1 Å². The van der Waals surface area contributed by atoms with Crippen molar-refractivity contribution in [2.24, 2.45) is 0 Å². The van der Waals surface area contributed by atoms with E-state index in [4.69, 9.17) is 4.98 Å². The molecule has 2 aromatic heterocycles. The van der Waals surface area contributed by atoms with Crippen LogP contribution in [0, 0.1) is 0 Å². The van der Waals surface area contributed by atoms with Gasteiger partial charge in [0.1, 0.15) is 5.65 Å². The van der Waals surface area contributed by atoms with Crippen LogP contribution in [-0.2, 0) is 10.0 Å². The van der Waals surface area contributed by atoms with Crippen molar-refractivity contribution in [3.05, 3.63) is 67.0 Å². The van der Waals surface area contributed by atoms with E-state index >= 15 is 0 Å². The molecule has 0 unspecified atom stereocenters. The summed E-state index contributed by atoms with van der Waals surface area (Å²) in [4.78, 5) is 11.6. The second-order valence-electron chi connectivity index (χ2n) is 9.84. The maximum atomic E-state index is 12.6. The second-order valence-corrected chi connectivity index (χ2v) is 12.3. The molecule has 4 aromatic rings. The fourth-order valence-corrected chi connectivity index (χ4v) is 4.77. The quantitative estimate of drug-likeness (QED) is 0.362. The van der Waals surface area contributed by atoms with Gasteiger partial charge in [0, 0.05) is 61.0 Å². The van der Waals surface area contributed by atoms with Crippen LogP contribution < -0.4 is 20.3 Å². The highest BCUT2D eigenvalue weighted by Gasteiger charge is 2.29. The monoisotopic (exact) mass is 505 g/mol. The van der Waals surface area contributed by atoms with Crippen LogP contribution in [0.25, 0.3) is 16.7 Å². The van der Waals surface area contributed by atoms with Gasteiger partial charge in [-0.1, -0.05) is 6.07 Å². The Morgan fingerprint density at radius 3 is 2.42 bits per heavy atom. The normalized spacial score (nSPS) is 14.7. The Balaban J connectivity index is 1.38. The summed E-state index contributed by atoms with van der Waals surface area (Å²) in [5, 5.41) is 7.55. The number of hydrogen-bond donors (Lipinski definition) is 3. The van der Waals surface area contributed by atoms with E-state index in [1.54, 1.807) is 39.1 Å². The lowest BCUT2D eigenvalue weighted by atomic mass is 10.2. The topological polar surface area (TPSA) is 104 Å². The molecule has 1 aliphatic rings. The predicted octanol–water partition coefficient (Wildman–Crippen LogP) is 4.11. The molecule has 1 aliphatic heterocycles. The van der Waals surface area contributed by atoms with E-state index in [1.165, 1.54) is 5.69 Å². The smallest absolute Gasteiger partial charge is 0.237 e. The van der Waals surface area contributed by atoms with Gasteiger partial charge in [-0.2, -0.15) is 4.98 Å². The van der Waals surface area contributed by atoms with E-state index in [1.807, 2.05) is 41.1 Å². The minimum atomic E-state index is -3.53. The first-order chi connectivity index (χ1) is 17.2. The lowest BCUT2D eigenvalue weighted by Gasteiger charge is -2.29. The van der Waals surface area contributed by atoms with E-state index in [0.29, 0.717) is 11.6 Å². The number of benzene rings is 2. The number of aromatic nitrogens is 3. The Kier molecular flexibility index (Phi) is 6.31. The van der Waals surface area contributed by atoms with Crippen LogP contribution in [0.15, 0.2) is 67.0 Å². The maximum Gasteiger partial charge on any atom is 0.237 e. The molecular weight excluding hydrogens is 474 g/mol. The van der Waals surface area contributed by atoms with Crippen molar-refractivity contribution in [2.45, 2.75) is 25.5 Å². The van der Waals surface area contributed by atoms with Crippen LogP contribution in [0.3, 0.4) is 0 Å². The summed E-state index contributed by atoms with van der Waals surface area (Å²) in [5.74, 6) is 0.488. The van der Waals surface area contributed by atoms with Crippen molar-refractivity contribution in [1.82, 2.24) is 19.9 Å². The molecule has 0 spiro atoms. The summed E-state index contributed by atoms with van der Waals surface area (Å²) < 4.78 is 28.9. The van der Waals surface area contributed by atoms with Crippen molar-refractivity contribution in [3.63, 3.8) is 0 Å². The zero-order valence-corrected chi connectivity index (χ0v) is 21.5. The lowest BCUT2D eigenvalue weighted by molar-refractivity contribution is 0.566. The molecule has 3 N–H and O–H groups in total. The summed E-state index contributed by atoms with van der Waals surface area (Å²) in [5.41, 5.74) is 4.13. The molecular formula is C26H31N7O2S. The van der Waals surface area contributed by atoms with E-state index in [0.717, 1.165) is 48.6 Å². The van der Waals surface area contributed by atoms with Gasteiger partial charge in [0.2, 0.25) is 16.0 Å². The van der Waals surface area contributed by atoms with Crippen LogP contribution >= 0.6 is 0 Å². The first kappa shape index (κ1) is 24.1. The standard InChI is InChI=1S/C26H31N7O2S/c1-26(2,3)36(34,35)31-21-5-4-6-23(17-21)33-14-11-19-18-28-25(30-24(19)33)29-20-7-9-22(10-8-20)32-15-12-27-13-16-32/h4-11,14,17-18,27,31H,12-13,15-16H2,1-3H3,(H,28,29,30). The van der Waals surface area contributed by atoms with E-state index in [9.17, 15) is 8.42 Å². The van der Waals surface area contributed by atoms with Gasteiger partial charge in [0.15, 0.2) is 0 Å². The molecule has 1 saturated heterocycles. The van der Waals surface area contributed by atoms with Crippen molar-refractivity contribution in [1.29, 1.82) is 0 Å². The molecule has 36 heavy (non-hydrogen) atoms. The summed E-state index contributed by atoms with van der Waals surface area (Å²) >= 11 is 0. The van der Waals surface area contributed by atoms with Crippen LogP contribution in [0.1, 0.15) is 20.8 Å². The Labute approximate surface area is 211 Å². The molecule has 9 nitrogen and oxygen atoms in total. The van der Waals surface area contributed by atoms with Crippen molar-refractivity contribution in [3.8, 4) is 5.69 Å². The average Bonchev–Trinajstić information content (AvgIpc) is 3.28. The molecule has 188 valence electrons. The summed E-state index contributed by atoms with van der Waals surface area (Å²) in [6.07, 6.45) is 3.69. The van der Waals surface area contributed by atoms with Gasteiger partial charge in [-0.3, -0.25) is 4.72 Å². The molecule has 2 aromatic carbocycles. The number of hydrogen-bond acceptors (Lipinski definition) is 7. The average molecular weight is 506 g/mol. The Morgan fingerprint density at radius 2 is 1.69 bits per heavy atom. The maximum absolute atomic E-state index is 12.6. The lowest BCUT2D eigenvalue weighted by Crippen LogP contribution is -2.43. The number of fused-ring (bicyclic) bond motifs is 1. The largest absolute Gasteiger partial charge is 0.369 e. The van der Waals surface area contributed by atoms with E-state index in [-0.39, 0.29) is 0 Å². The fourth-order valence-electron chi connectivity index (χ4n) is 4.02. The molecule has 0 radical (unpaired) electrons.